The Kier molecular flexibility index (Phi) is 6.32. The van der Waals surface area contributed by atoms with E-state index >= 15 is 0 Å². The van der Waals surface area contributed by atoms with Crippen molar-refractivity contribution >= 4 is 29.3 Å². The first-order valence-corrected chi connectivity index (χ1v) is 10.4. The van der Waals surface area contributed by atoms with Gasteiger partial charge in [0.05, 0.1) is 6.20 Å². The largest absolute Gasteiger partial charge is 0.382 e. The molecule has 4 unspecified atom stereocenters. The molecule has 0 radical (unpaired) electrons. The van der Waals surface area contributed by atoms with Crippen molar-refractivity contribution in [3.05, 3.63) is 17.7 Å². The number of aliphatic imine (C=N–C) groups is 1. The molecule has 2 rings (SSSR count). The second-order valence-corrected chi connectivity index (χ2v) is 9.37. The van der Waals surface area contributed by atoms with Gasteiger partial charge in [-0.25, -0.2) is 9.98 Å². The van der Waals surface area contributed by atoms with E-state index in [0.29, 0.717) is 11.8 Å². The third-order valence-electron chi connectivity index (χ3n) is 4.23. The quantitative estimate of drug-likeness (QED) is 0.409. The molecule has 0 aliphatic heterocycles. The maximum Gasteiger partial charge on any atom is 0.150 e. The van der Waals surface area contributed by atoms with Crippen LogP contribution in [0.4, 0.5) is 0 Å². The Balaban J connectivity index is 1.89. The number of nitrogens with two attached hydrogens (primary N) is 1. The van der Waals surface area contributed by atoms with E-state index in [9.17, 15) is 0 Å². The van der Waals surface area contributed by atoms with Gasteiger partial charge in [0.2, 0.25) is 0 Å². The maximum absolute atomic E-state index is 6.95. The number of nitrogens with one attached hydrogen (secondary N) is 2. The molecule has 0 bridgehead atoms. The Morgan fingerprint density at radius 2 is 2.48 bits per heavy atom. The first kappa shape index (κ1) is 16.6. The Bertz CT molecular complexity index is 499. The monoisotopic (exact) mass is 325 g/mol. The summed E-state index contributed by atoms with van der Waals surface area (Å²) in [6, 6.07) is 0. The molecule has 5 nitrogen and oxygen atoms in total. The summed E-state index contributed by atoms with van der Waals surface area (Å²) in [7, 11) is 3.08. The zero-order chi connectivity index (χ0) is 15.2. The number of nitrogens with zero attached hydrogens (tertiary/aromatic N) is 2. The van der Waals surface area contributed by atoms with Crippen molar-refractivity contribution < 1.29 is 0 Å². The SMILES string of the molecule is CP(CP)CCC1CCC(c2ncc(C(N)=NC=N)[nH]2)C1. The molecule has 1 aliphatic rings. The molecule has 0 amide bonds. The van der Waals surface area contributed by atoms with Crippen molar-refractivity contribution in [1.29, 1.82) is 5.41 Å². The van der Waals surface area contributed by atoms with Crippen LogP contribution in [0.5, 0.6) is 0 Å². The van der Waals surface area contributed by atoms with Gasteiger partial charge in [0.25, 0.3) is 0 Å². The Hall–Kier alpha value is -0.790. The van der Waals surface area contributed by atoms with Gasteiger partial charge in [-0.05, 0) is 50.3 Å². The molecule has 1 aliphatic carbocycles. The van der Waals surface area contributed by atoms with E-state index in [1.165, 1.54) is 37.7 Å². The fourth-order valence-corrected chi connectivity index (χ4v) is 4.43. The summed E-state index contributed by atoms with van der Waals surface area (Å²) in [6.07, 6.45) is 9.18. The highest BCUT2D eigenvalue weighted by Crippen LogP contribution is 2.42. The first-order valence-electron chi connectivity index (χ1n) is 7.40. The zero-order valence-electron chi connectivity index (χ0n) is 12.5. The molecule has 1 heterocycles. The molecule has 1 saturated carbocycles. The summed E-state index contributed by atoms with van der Waals surface area (Å²) in [6.45, 7) is 2.39. The Morgan fingerprint density at radius 1 is 1.67 bits per heavy atom. The van der Waals surface area contributed by atoms with E-state index in [0.717, 1.165) is 23.8 Å². The highest BCUT2D eigenvalue weighted by Gasteiger charge is 2.27. The van der Waals surface area contributed by atoms with Crippen LogP contribution in [0.3, 0.4) is 0 Å². The van der Waals surface area contributed by atoms with Gasteiger partial charge in [0.15, 0.2) is 5.84 Å². The van der Waals surface area contributed by atoms with Crippen molar-refractivity contribution in [2.24, 2.45) is 16.6 Å². The first-order chi connectivity index (χ1) is 10.1. The van der Waals surface area contributed by atoms with Gasteiger partial charge in [0, 0.05) is 5.92 Å². The summed E-state index contributed by atoms with van der Waals surface area (Å²) >= 11 is 0. The average Bonchev–Trinajstić information content (AvgIpc) is 3.13. The minimum absolute atomic E-state index is 0.214. The second-order valence-electron chi connectivity index (χ2n) is 5.75. The van der Waals surface area contributed by atoms with E-state index in [4.69, 9.17) is 11.1 Å². The molecule has 116 valence electrons. The minimum atomic E-state index is 0.214. The van der Waals surface area contributed by atoms with E-state index in [-0.39, 0.29) is 7.92 Å². The number of H-pyrrole nitrogens is 1. The lowest BCUT2D eigenvalue weighted by atomic mass is 10.0. The summed E-state index contributed by atoms with van der Waals surface area (Å²) in [5, 5.41) is 6.95. The number of hydrogen-bond donors (Lipinski definition) is 3. The van der Waals surface area contributed by atoms with E-state index in [1.807, 2.05) is 0 Å². The third-order valence-corrected chi connectivity index (χ3v) is 7.75. The molecule has 0 aromatic carbocycles. The normalized spacial score (nSPS) is 24.2. The predicted molar refractivity (Wildman–Crippen MR) is 95.1 cm³/mol. The van der Waals surface area contributed by atoms with E-state index in [1.54, 1.807) is 6.20 Å². The lowest BCUT2D eigenvalue weighted by Gasteiger charge is -2.13. The molecule has 1 fully saturated rings. The zero-order valence-corrected chi connectivity index (χ0v) is 14.6. The number of aromatic amines is 1. The van der Waals surface area contributed by atoms with Crippen LogP contribution in [-0.2, 0) is 0 Å². The lowest BCUT2D eigenvalue weighted by Crippen LogP contribution is -2.14. The van der Waals surface area contributed by atoms with Crippen LogP contribution in [-0.4, -0.2) is 40.9 Å². The fraction of sp³-hybridized carbons (Fsp3) is 0.643. The van der Waals surface area contributed by atoms with Crippen molar-refractivity contribution in [2.45, 2.75) is 31.6 Å². The minimum Gasteiger partial charge on any atom is -0.382 e. The Morgan fingerprint density at radius 3 is 3.19 bits per heavy atom. The standard InChI is InChI=1S/C14H25N5P2/c1-21(9-20)5-4-10-2-3-11(6-10)14-17-7-12(19-14)13(16)18-8-15/h7-8,10-11H,2-6,9,20H2,1H3,(H,17,19)(H3,15,16,18). The van der Waals surface area contributed by atoms with Gasteiger partial charge in [-0.15, -0.1) is 17.2 Å². The molecular weight excluding hydrogens is 300 g/mol. The predicted octanol–water partition coefficient (Wildman–Crippen LogP) is 2.94. The molecule has 0 saturated heterocycles. The van der Waals surface area contributed by atoms with Crippen LogP contribution in [0.15, 0.2) is 11.2 Å². The van der Waals surface area contributed by atoms with Crippen molar-refractivity contribution in [3.63, 3.8) is 0 Å². The highest BCUT2D eigenvalue weighted by atomic mass is 31.2. The molecule has 1 aromatic heterocycles. The molecule has 4 N–H and O–H groups in total. The van der Waals surface area contributed by atoms with Crippen LogP contribution in [0.25, 0.3) is 0 Å². The van der Waals surface area contributed by atoms with Crippen LogP contribution >= 0.6 is 17.2 Å². The fourth-order valence-electron chi connectivity index (χ4n) is 2.89. The van der Waals surface area contributed by atoms with Crippen LogP contribution in [0.1, 0.15) is 43.1 Å². The number of hydrogen-bond acceptors (Lipinski definition) is 2. The topological polar surface area (TPSA) is 90.9 Å². The second kappa shape index (κ2) is 8.00. The van der Waals surface area contributed by atoms with Gasteiger partial charge in [0.1, 0.15) is 17.9 Å². The molecule has 7 heteroatoms. The third kappa shape index (κ3) is 4.59. The van der Waals surface area contributed by atoms with Gasteiger partial charge < -0.3 is 10.7 Å². The van der Waals surface area contributed by atoms with E-state index in [2.05, 4.69) is 30.9 Å². The smallest absolute Gasteiger partial charge is 0.150 e. The number of rotatable bonds is 7. The summed E-state index contributed by atoms with van der Waals surface area (Å²) < 4.78 is 0. The lowest BCUT2D eigenvalue weighted by molar-refractivity contribution is 0.520. The van der Waals surface area contributed by atoms with Gasteiger partial charge >= 0.3 is 0 Å². The highest BCUT2D eigenvalue weighted by molar-refractivity contribution is 7.63. The maximum atomic E-state index is 6.95. The molecule has 0 spiro atoms. The summed E-state index contributed by atoms with van der Waals surface area (Å²) in [5.74, 6) is 3.99. The van der Waals surface area contributed by atoms with Crippen LogP contribution in [0, 0.1) is 11.3 Å². The van der Waals surface area contributed by atoms with Gasteiger partial charge in [-0.1, -0.05) is 0 Å². The van der Waals surface area contributed by atoms with Gasteiger partial charge in [-0.3, -0.25) is 5.41 Å². The number of imidazole rings is 1. The van der Waals surface area contributed by atoms with Crippen LogP contribution in [0.2, 0.25) is 0 Å². The Labute approximate surface area is 130 Å². The average molecular weight is 325 g/mol. The van der Waals surface area contributed by atoms with Crippen molar-refractivity contribution in [3.8, 4) is 0 Å². The number of amidine groups is 1. The summed E-state index contributed by atoms with van der Waals surface area (Å²) in [5.41, 5.74) is 6.49. The van der Waals surface area contributed by atoms with Crippen molar-refractivity contribution in [2.75, 3.05) is 18.7 Å². The molecule has 21 heavy (non-hydrogen) atoms. The number of aromatic nitrogens is 2. The molecule has 1 aromatic rings. The molecular formula is C14H25N5P2. The van der Waals surface area contributed by atoms with Crippen molar-refractivity contribution in [1.82, 2.24) is 9.97 Å². The van der Waals surface area contributed by atoms with E-state index < -0.39 is 0 Å². The van der Waals surface area contributed by atoms with Gasteiger partial charge in [-0.2, -0.15) is 0 Å². The summed E-state index contributed by atoms with van der Waals surface area (Å²) in [4.78, 5) is 11.5. The van der Waals surface area contributed by atoms with Crippen LogP contribution < -0.4 is 5.73 Å². The molecule has 4 atom stereocenters.